The van der Waals surface area contributed by atoms with Gasteiger partial charge in [0.2, 0.25) is 10.0 Å². The maximum atomic E-state index is 12.7. The minimum atomic E-state index is -3.70. The van der Waals surface area contributed by atoms with Gasteiger partial charge in [-0.3, -0.25) is 0 Å². The number of sulfonamides is 1. The molecule has 0 saturated heterocycles. The van der Waals surface area contributed by atoms with Crippen molar-refractivity contribution in [2.45, 2.75) is 18.7 Å². The van der Waals surface area contributed by atoms with Gasteiger partial charge in [-0.1, -0.05) is 0 Å². The fourth-order valence-electron chi connectivity index (χ4n) is 1.92. The molecule has 0 amide bonds. The van der Waals surface area contributed by atoms with Crippen LogP contribution in [-0.4, -0.2) is 51.2 Å². The molecule has 0 aliphatic heterocycles. The Morgan fingerprint density at radius 2 is 1.95 bits per heavy atom. The number of aliphatic hydroxyl groups is 1. The lowest BCUT2D eigenvalue weighted by Gasteiger charge is -2.22. The molecule has 7 heteroatoms. The molecule has 6 nitrogen and oxygen atoms in total. The molecule has 1 aromatic carbocycles. The van der Waals surface area contributed by atoms with E-state index in [2.05, 4.69) is 0 Å². The molecule has 0 saturated carbocycles. The monoisotopic (exact) mass is 302 g/mol. The molecular weight excluding hydrogens is 280 g/mol. The van der Waals surface area contributed by atoms with E-state index in [1.54, 1.807) is 13.0 Å². The van der Waals surface area contributed by atoms with Gasteiger partial charge < -0.3 is 15.6 Å². The first-order valence-electron chi connectivity index (χ1n) is 6.31. The molecule has 0 radical (unpaired) electrons. The summed E-state index contributed by atoms with van der Waals surface area (Å²) in [5, 5.41) is 9.05. The number of nitrogens with zero attached hydrogens (tertiary/aromatic N) is 1. The standard InChI is InChI=1S/C13H22N2O4S/c1-10-8-12(14)9-13(11(10)2)20(17,18)15(4-6-16)5-7-19-3/h8-9,16H,4-7,14H2,1-3H3. The van der Waals surface area contributed by atoms with Crippen LogP contribution in [-0.2, 0) is 14.8 Å². The van der Waals surface area contributed by atoms with Crippen molar-refractivity contribution in [1.29, 1.82) is 0 Å². The number of methoxy groups -OCH3 is 1. The first kappa shape index (κ1) is 16.9. The number of hydrogen-bond donors (Lipinski definition) is 2. The summed E-state index contributed by atoms with van der Waals surface area (Å²) in [4.78, 5) is 0.180. The Balaban J connectivity index is 3.25. The van der Waals surface area contributed by atoms with Crippen molar-refractivity contribution in [3.8, 4) is 0 Å². The summed E-state index contributed by atoms with van der Waals surface area (Å²) in [6, 6.07) is 3.19. The highest BCUT2D eigenvalue weighted by Crippen LogP contribution is 2.25. The molecule has 114 valence electrons. The first-order chi connectivity index (χ1) is 9.34. The van der Waals surface area contributed by atoms with Crippen LogP contribution in [0.5, 0.6) is 0 Å². The molecule has 0 aliphatic rings. The van der Waals surface area contributed by atoms with E-state index in [0.29, 0.717) is 11.3 Å². The normalized spacial score (nSPS) is 12.1. The maximum Gasteiger partial charge on any atom is 0.243 e. The highest BCUT2D eigenvalue weighted by Gasteiger charge is 2.26. The van der Waals surface area contributed by atoms with Gasteiger partial charge in [0.15, 0.2) is 0 Å². The van der Waals surface area contributed by atoms with Crippen LogP contribution < -0.4 is 5.73 Å². The van der Waals surface area contributed by atoms with E-state index in [1.165, 1.54) is 17.5 Å². The van der Waals surface area contributed by atoms with E-state index in [1.807, 2.05) is 6.92 Å². The van der Waals surface area contributed by atoms with Crippen molar-refractivity contribution >= 4 is 15.7 Å². The van der Waals surface area contributed by atoms with Gasteiger partial charge >= 0.3 is 0 Å². The van der Waals surface area contributed by atoms with Gasteiger partial charge in [-0.15, -0.1) is 0 Å². The lowest BCUT2D eigenvalue weighted by molar-refractivity contribution is 0.168. The minimum absolute atomic E-state index is 0.0268. The van der Waals surface area contributed by atoms with Crippen LogP contribution in [0.15, 0.2) is 17.0 Å². The second kappa shape index (κ2) is 7.03. The van der Waals surface area contributed by atoms with Gasteiger partial charge in [-0.25, -0.2) is 8.42 Å². The summed E-state index contributed by atoms with van der Waals surface area (Å²) < 4.78 is 31.4. The van der Waals surface area contributed by atoms with Crippen molar-refractivity contribution in [3.05, 3.63) is 23.3 Å². The van der Waals surface area contributed by atoms with Crippen molar-refractivity contribution in [2.24, 2.45) is 0 Å². The summed E-state index contributed by atoms with van der Waals surface area (Å²) in [6.07, 6.45) is 0. The van der Waals surface area contributed by atoms with Crippen LogP contribution in [0.1, 0.15) is 11.1 Å². The SMILES string of the molecule is COCCN(CCO)S(=O)(=O)c1cc(N)cc(C)c1C. The highest BCUT2D eigenvalue weighted by molar-refractivity contribution is 7.89. The largest absolute Gasteiger partial charge is 0.399 e. The zero-order valence-corrected chi connectivity index (χ0v) is 12.9. The Bertz CT molecular complexity index is 558. The van der Waals surface area contributed by atoms with E-state index >= 15 is 0 Å². The number of hydrogen-bond acceptors (Lipinski definition) is 5. The van der Waals surface area contributed by atoms with Crippen molar-refractivity contribution in [3.63, 3.8) is 0 Å². The van der Waals surface area contributed by atoms with Crippen LogP contribution in [0.25, 0.3) is 0 Å². The lowest BCUT2D eigenvalue weighted by Crippen LogP contribution is -2.36. The molecule has 0 atom stereocenters. The Hall–Kier alpha value is -1.15. The average Bonchev–Trinajstić information content (AvgIpc) is 2.38. The van der Waals surface area contributed by atoms with Crippen molar-refractivity contribution < 1.29 is 18.3 Å². The summed E-state index contributed by atoms with van der Waals surface area (Å²) in [6.45, 7) is 3.79. The maximum absolute atomic E-state index is 12.7. The number of aliphatic hydroxyl groups excluding tert-OH is 1. The van der Waals surface area contributed by atoms with Gasteiger partial charge in [0.25, 0.3) is 0 Å². The van der Waals surface area contributed by atoms with E-state index in [-0.39, 0.29) is 31.2 Å². The van der Waals surface area contributed by atoms with Gasteiger partial charge in [0.05, 0.1) is 18.1 Å². The fourth-order valence-corrected chi connectivity index (χ4v) is 3.67. The second-order valence-corrected chi connectivity index (χ2v) is 6.49. The smallest absolute Gasteiger partial charge is 0.243 e. The van der Waals surface area contributed by atoms with Crippen LogP contribution in [0.4, 0.5) is 5.69 Å². The zero-order valence-electron chi connectivity index (χ0n) is 12.1. The second-order valence-electron chi connectivity index (χ2n) is 4.58. The average molecular weight is 302 g/mol. The number of anilines is 1. The summed E-state index contributed by atoms with van der Waals surface area (Å²) in [5.41, 5.74) is 7.63. The molecule has 0 fully saturated rings. The van der Waals surface area contributed by atoms with Gasteiger partial charge in [-0.05, 0) is 37.1 Å². The number of aryl methyl sites for hydroxylation is 1. The summed E-state index contributed by atoms with van der Waals surface area (Å²) in [5.74, 6) is 0. The molecule has 1 aromatic rings. The van der Waals surface area contributed by atoms with E-state index in [0.717, 1.165) is 5.56 Å². The van der Waals surface area contributed by atoms with Crippen LogP contribution in [0, 0.1) is 13.8 Å². The fraction of sp³-hybridized carbons (Fsp3) is 0.538. The molecule has 20 heavy (non-hydrogen) atoms. The van der Waals surface area contributed by atoms with Crippen molar-refractivity contribution in [1.82, 2.24) is 4.31 Å². The van der Waals surface area contributed by atoms with Crippen molar-refractivity contribution in [2.75, 3.05) is 39.1 Å². The number of rotatable bonds is 7. The third-order valence-electron chi connectivity index (χ3n) is 3.15. The number of nitrogen functional groups attached to an aromatic ring is 1. The quantitative estimate of drug-likeness (QED) is 0.716. The molecule has 1 rings (SSSR count). The van der Waals surface area contributed by atoms with Gasteiger partial charge in [0.1, 0.15) is 0 Å². The van der Waals surface area contributed by atoms with E-state index in [4.69, 9.17) is 15.6 Å². The Morgan fingerprint density at radius 3 is 2.50 bits per heavy atom. The zero-order chi connectivity index (χ0) is 15.3. The number of nitrogens with two attached hydrogens (primary N) is 1. The molecule has 0 aliphatic carbocycles. The van der Waals surface area contributed by atoms with Crippen LogP contribution >= 0.6 is 0 Å². The molecular formula is C13H22N2O4S. The minimum Gasteiger partial charge on any atom is -0.399 e. The molecule has 3 N–H and O–H groups in total. The lowest BCUT2D eigenvalue weighted by atomic mass is 10.1. The Morgan fingerprint density at radius 1 is 1.30 bits per heavy atom. The Kier molecular flexibility index (Phi) is 5.94. The summed E-state index contributed by atoms with van der Waals surface area (Å²) in [7, 11) is -2.20. The predicted octanol–water partition coefficient (Wildman–Crippen LogP) is 0.515. The van der Waals surface area contributed by atoms with Crippen LogP contribution in [0.2, 0.25) is 0 Å². The molecule has 0 spiro atoms. The first-order valence-corrected chi connectivity index (χ1v) is 7.75. The number of benzene rings is 1. The number of ether oxygens (including phenoxy) is 1. The summed E-state index contributed by atoms with van der Waals surface area (Å²) >= 11 is 0. The third kappa shape index (κ3) is 3.69. The molecule has 0 aromatic heterocycles. The topological polar surface area (TPSA) is 92.9 Å². The van der Waals surface area contributed by atoms with Gasteiger partial charge in [-0.2, -0.15) is 4.31 Å². The van der Waals surface area contributed by atoms with Crippen LogP contribution in [0.3, 0.4) is 0 Å². The highest BCUT2D eigenvalue weighted by atomic mass is 32.2. The molecule has 0 bridgehead atoms. The third-order valence-corrected chi connectivity index (χ3v) is 5.18. The van der Waals surface area contributed by atoms with E-state index < -0.39 is 10.0 Å². The van der Waals surface area contributed by atoms with Gasteiger partial charge in [0, 0.05) is 25.9 Å². The predicted molar refractivity (Wildman–Crippen MR) is 78.0 cm³/mol. The Labute approximate surface area is 120 Å². The molecule has 0 heterocycles. The molecule has 0 unspecified atom stereocenters. The van der Waals surface area contributed by atoms with E-state index in [9.17, 15) is 8.42 Å².